The number of nitrogens with zero attached hydrogens (tertiary/aromatic N) is 1. The third kappa shape index (κ3) is 4.35. The quantitative estimate of drug-likeness (QED) is 0.748. The Balaban J connectivity index is 1.55. The van der Waals surface area contributed by atoms with E-state index in [2.05, 4.69) is 10.3 Å². The van der Waals surface area contributed by atoms with E-state index in [1.807, 2.05) is 61.5 Å². The molecule has 0 saturated carbocycles. The SMILES string of the molecule is Cc1cccc(OC(C)C(=O)NCCc2cccc3cccnc23)c1. The molecule has 128 valence electrons. The standard InChI is InChI=1S/C21H22N2O2/c1-15-6-3-10-19(14-15)25-16(2)21(24)23-13-11-18-8-4-7-17-9-5-12-22-20(17)18/h3-10,12,14,16H,11,13H2,1-2H3,(H,23,24). The molecule has 0 radical (unpaired) electrons. The molecule has 0 fully saturated rings. The predicted molar refractivity (Wildman–Crippen MR) is 99.7 cm³/mol. The van der Waals surface area contributed by atoms with Gasteiger partial charge in [0.1, 0.15) is 5.75 Å². The number of carbonyl (C=O) groups is 1. The fraction of sp³-hybridized carbons (Fsp3) is 0.238. The monoisotopic (exact) mass is 334 g/mol. The van der Waals surface area contributed by atoms with E-state index in [1.165, 1.54) is 0 Å². The van der Waals surface area contributed by atoms with Gasteiger partial charge in [-0.1, -0.05) is 36.4 Å². The summed E-state index contributed by atoms with van der Waals surface area (Å²) in [5, 5.41) is 4.05. The zero-order valence-corrected chi connectivity index (χ0v) is 14.5. The molecule has 2 aromatic carbocycles. The highest BCUT2D eigenvalue weighted by molar-refractivity contribution is 5.82. The average Bonchev–Trinajstić information content (AvgIpc) is 2.62. The number of pyridine rings is 1. The number of aromatic nitrogens is 1. The zero-order chi connectivity index (χ0) is 17.6. The van der Waals surface area contributed by atoms with Gasteiger partial charge in [0.2, 0.25) is 0 Å². The van der Waals surface area contributed by atoms with Crippen molar-refractivity contribution in [2.75, 3.05) is 6.54 Å². The molecule has 3 rings (SSSR count). The van der Waals surface area contributed by atoms with Crippen molar-refractivity contribution in [2.24, 2.45) is 0 Å². The van der Waals surface area contributed by atoms with Crippen LogP contribution in [0.25, 0.3) is 10.9 Å². The first-order valence-electron chi connectivity index (χ1n) is 8.47. The number of nitrogens with one attached hydrogen (secondary N) is 1. The molecule has 4 nitrogen and oxygen atoms in total. The molecule has 1 atom stereocenters. The smallest absolute Gasteiger partial charge is 0.260 e. The van der Waals surface area contributed by atoms with Crippen LogP contribution in [0.15, 0.2) is 60.8 Å². The van der Waals surface area contributed by atoms with Gasteiger partial charge in [-0.25, -0.2) is 0 Å². The van der Waals surface area contributed by atoms with Crippen molar-refractivity contribution in [1.29, 1.82) is 0 Å². The number of amides is 1. The van der Waals surface area contributed by atoms with Crippen molar-refractivity contribution >= 4 is 16.8 Å². The molecule has 0 aliphatic carbocycles. The van der Waals surface area contributed by atoms with Crippen LogP contribution in [-0.2, 0) is 11.2 Å². The summed E-state index contributed by atoms with van der Waals surface area (Å²) in [4.78, 5) is 16.7. The molecule has 1 aromatic heterocycles. The number of hydrogen-bond acceptors (Lipinski definition) is 3. The van der Waals surface area contributed by atoms with Gasteiger partial charge in [0.15, 0.2) is 6.10 Å². The molecular weight excluding hydrogens is 312 g/mol. The van der Waals surface area contributed by atoms with Gasteiger partial charge in [-0.3, -0.25) is 9.78 Å². The Morgan fingerprint density at radius 1 is 1.16 bits per heavy atom. The highest BCUT2D eigenvalue weighted by Crippen LogP contribution is 2.16. The zero-order valence-electron chi connectivity index (χ0n) is 14.5. The lowest BCUT2D eigenvalue weighted by Gasteiger charge is -2.15. The summed E-state index contributed by atoms with van der Waals surface area (Å²) in [5.74, 6) is 0.593. The predicted octanol–water partition coefficient (Wildman–Crippen LogP) is 3.67. The van der Waals surface area contributed by atoms with Gasteiger partial charge in [-0.15, -0.1) is 0 Å². The van der Waals surface area contributed by atoms with E-state index in [0.717, 1.165) is 28.5 Å². The Morgan fingerprint density at radius 3 is 2.80 bits per heavy atom. The molecule has 4 heteroatoms. The number of fused-ring (bicyclic) bond motifs is 1. The molecule has 0 spiro atoms. The van der Waals surface area contributed by atoms with Crippen LogP contribution in [0.4, 0.5) is 0 Å². The van der Waals surface area contributed by atoms with Gasteiger partial charge in [0.25, 0.3) is 5.91 Å². The summed E-state index contributed by atoms with van der Waals surface area (Å²) in [6, 6.07) is 17.8. The van der Waals surface area contributed by atoms with Crippen molar-refractivity contribution in [1.82, 2.24) is 10.3 Å². The minimum Gasteiger partial charge on any atom is -0.481 e. The van der Waals surface area contributed by atoms with Crippen molar-refractivity contribution < 1.29 is 9.53 Å². The van der Waals surface area contributed by atoms with E-state index in [1.54, 1.807) is 13.1 Å². The van der Waals surface area contributed by atoms with Gasteiger partial charge in [-0.2, -0.15) is 0 Å². The van der Waals surface area contributed by atoms with E-state index >= 15 is 0 Å². The lowest BCUT2D eigenvalue weighted by molar-refractivity contribution is -0.127. The third-order valence-corrected chi connectivity index (χ3v) is 4.08. The maximum absolute atomic E-state index is 12.2. The Labute approximate surface area is 147 Å². The maximum atomic E-state index is 12.2. The summed E-state index contributed by atoms with van der Waals surface area (Å²) in [6.45, 7) is 4.31. The number of benzene rings is 2. The second-order valence-corrected chi connectivity index (χ2v) is 6.11. The Bertz CT molecular complexity index is 871. The van der Waals surface area contributed by atoms with E-state index in [0.29, 0.717) is 12.3 Å². The topological polar surface area (TPSA) is 51.2 Å². The number of aryl methyl sites for hydroxylation is 1. The highest BCUT2D eigenvalue weighted by Gasteiger charge is 2.14. The summed E-state index contributed by atoms with van der Waals surface area (Å²) >= 11 is 0. The number of carbonyl (C=O) groups excluding carboxylic acids is 1. The fourth-order valence-electron chi connectivity index (χ4n) is 2.78. The second-order valence-electron chi connectivity index (χ2n) is 6.11. The largest absolute Gasteiger partial charge is 0.481 e. The third-order valence-electron chi connectivity index (χ3n) is 4.08. The first-order valence-corrected chi connectivity index (χ1v) is 8.47. The fourth-order valence-corrected chi connectivity index (χ4v) is 2.78. The van der Waals surface area contributed by atoms with Crippen LogP contribution in [0, 0.1) is 6.92 Å². The number of para-hydroxylation sites is 1. The highest BCUT2D eigenvalue weighted by atomic mass is 16.5. The Hall–Kier alpha value is -2.88. The second kappa shape index (κ2) is 7.79. The minimum absolute atomic E-state index is 0.116. The molecular formula is C21H22N2O2. The van der Waals surface area contributed by atoms with Crippen LogP contribution in [0.5, 0.6) is 5.75 Å². The summed E-state index contributed by atoms with van der Waals surface area (Å²) in [7, 11) is 0. The van der Waals surface area contributed by atoms with Gasteiger partial charge in [-0.05, 0) is 49.6 Å². The van der Waals surface area contributed by atoms with Crippen molar-refractivity contribution in [3.63, 3.8) is 0 Å². The van der Waals surface area contributed by atoms with E-state index in [9.17, 15) is 4.79 Å². The van der Waals surface area contributed by atoms with Gasteiger partial charge in [0.05, 0.1) is 5.52 Å². The van der Waals surface area contributed by atoms with Gasteiger partial charge < -0.3 is 10.1 Å². The molecule has 0 aliphatic heterocycles. The molecule has 3 aromatic rings. The first kappa shape index (κ1) is 17.0. The molecule has 1 unspecified atom stereocenters. The molecule has 1 heterocycles. The molecule has 0 bridgehead atoms. The molecule has 1 amide bonds. The van der Waals surface area contributed by atoms with Crippen LogP contribution in [0.3, 0.4) is 0 Å². The van der Waals surface area contributed by atoms with Crippen LogP contribution < -0.4 is 10.1 Å². The lowest BCUT2D eigenvalue weighted by Crippen LogP contribution is -2.37. The number of rotatable bonds is 6. The minimum atomic E-state index is -0.535. The van der Waals surface area contributed by atoms with E-state index < -0.39 is 6.10 Å². The van der Waals surface area contributed by atoms with Crippen LogP contribution in [0.1, 0.15) is 18.1 Å². The molecule has 0 saturated heterocycles. The normalized spacial score (nSPS) is 11.9. The lowest BCUT2D eigenvalue weighted by atomic mass is 10.1. The first-order chi connectivity index (χ1) is 12.1. The Kier molecular flexibility index (Phi) is 5.29. The van der Waals surface area contributed by atoms with Gasteiger partial charge in [0, 0.05) is 18.1 Å². The average molecular weight is 334 g/mol. The van der Waals surface area contributed by atoms with Gasteiger partial charge >= 0.3 is 0 Å². The molecule has 0 aliphatic rings. The number of hydrogen-bond donors (Lipinski definition) is 1. The summed E-state index contributed by atoms with van der Waals surface area (Å²) < 4.78 is 5.71. The molecule has 25 heavy (non-hydrogen) atoms. The van der Waals surface area contributed by atoms with E-state index in [-0.39, 0.29) is 5.91 Å². The molecule has 1 N–H and O–H groups in total. The van der Waals surface area contributed by atoms with Crippen LogP contribution in [0.2, 0.25) is 0 Å². The number of ether oxygens (including phenoxy) is 1. The summed E-state index contributed by atoms with van der Waals surface area (Å²) in [5.41, 5.74) is 3.22. The summed E-state index contributed by atoms with van der Waals surface area (Å²) in [6.07, 6.45) is 1.99. The van der Waals surface area contributed by atoms with Crippen LogP contribution in [-0.4, -0.2) is 23.5 Å². The van der Waals surface area contributed by atoms with Crippen LogP contribution >= 0.6 is 0 Å². The maximum Gasteiger partial charge on any atom is 0.260 e. The van der Waals surface area contributed by atoms with E-state index in [4.69, 9.17) is 4.74 Å². The van der Waals surface area contributed by atoms with Crippen molar-refractivity contribution in [3.8, 4) is 5.75 Å². The Morgan fingerprint density at radius 2 is 1.96 bits per heavy atom. The van der Waals surface area contributed by atoms with Crippen molar-refractivity contribution in [3.05, 3.63) is 71.9 Å². The van der Waals surface area contributed by atoms with Crippen molar-refractivity contribution in [2.45, 2.75) is 26.4 Å².